The highest BCUT2D eigenvalue weighted by Crippen LogP contribution is 1.93. The maximum atomic E-state index is 10.9. The fourth-order valence-electron chi connectivity index (χ4n) is 0.937. The summed E-state index contributed by atoms with van der Waals surface area (Å²) in [5, 5.41) is 11.5. The molecule has 0 saturated heterocycles. The number of sulfone groups is 1. The van der Waals surface area contributed by atoms with E-state index in [1.165, 1.54) is 6.26 Å². The molecular formula is C8H16N2O2S. The van der Waals surface area contributed by atoms with Crippen LogP contribution < -0.4 is 5.32 Å². The van der Waals surface area contributed by atoms with E-state index in [9.17, 15) is 8.42 Å². The summed E-state index contributed by atoms with van der Waals surface area (Å²) in [6, 6.07) is 1.98. The first-order valence-electron chi connectivity index (χ1n) is 4.16. The van der Waals surface area contributed by atoms with Gasteiger partial charge >= 0.3 is 0 Å². The van der Waals surface area contributed by atoms with Crippen LogP contribution in [0.3, 0.4) is 0 Å². The molecule has 0 aromatic rings. The highest BCUT2D eigenvalue weighted by Gasteiger charge is 2.10. The standard InChI is InChI=1S/C8H16N2O2S/c1-7(4-9)5-10-8(2)6-13(3,11)12/h7-8,10H,5-6H2,1-3H3. The van der Waals surface area contributed by atoms with Crippen LogP contribution in [0, 0.1) is 17.2 Å². The molecule has 0 saturated carbocycles. The molecular weight excluding hydrogens is 188 g/mol. The number of hydrogen-bond donors (Lipinski definition) is 1. The average Bonchev–Trinajstić information content (AvgIpc) is 1.97. The monoisotopic (exact) mass is 204 g/mol. The summed E-state index contributed by atoms with van der Waals surface area (Å²) < 4.78 is 21.7. The third-order valence-electron chi connectivity index (χ3n) is 1.55. The predicted molar refractivity (Wildman–Crippen MR) is 52.0 cm³/mol. The summed E-state index contributed by atoms with van der Waals surface area (Å²) in [5.74, 6) is 0.0347. The zero-order chi connectivity index (χ0) is 10.5. The lowest BCUT2D eigenvalue weighted by atomic mass is 10.2. The molecule has 5 heteroatoms. The molecule has 0 aliphatic rings. The van der Waals surface area contributed by atoms with E-state index in [2.05, 4.69) is 11.4 Å². The van der Waals surface area contributed by atoms with Crippen LogP contribution in [0.15, 0.2) is 0 Å². The van der Waals surface area contributed by atoms with Crippen LogP contribution in [-0.4, -0.2) is 33.0 Å². The van der Waals surface area contributed by atoms with Gasteiger partial charge in [0, 0.05) is 18.8 Å². The molecule has 2 atom stereocenters. The fourth-order valence-corrected chi connectivity index (χ4v) is 1.96. The normalized spacial score (nSPS) is 16.2. The molecule has 0 aromatic carbocycles. The summed E-state index contributed by atoms with van der Waals surface area (Å²) in [5.41, 5.74) is 0. The molecule has 0 aromatic heterocycles. The molecule has 13 heavy (non-hydrogen) atoms. The van der Waals surface area contributed by atoms with Crippen LogP contribution in [0.2, 0.25) is 0 Å². The van der Waals surface area contributed by atoms with Crippen molar-refractivity contribution < 1.29 is 8.42 Å². The molecule has 2 unspecified atom stereocenters. The van der Waals surface area contributed by atoms with Gasteiger partial charge in [0.25, 0.3) is 0 Å². The Bertz CT molecular complexity index is 279. The maximum absolute atomic E-state index is 10.9. The first-order valence-corrected chi connectivity index (χ1v) is 6.22. The van der Waals surface area contributed by atoms with Crippen molar-refractivity contribution in [3.05, 3.63) is 0 Å². The van der Waals surface area contributed by atoms with Gasteiger partial charge in [-0.25, -0.2) is 8.42 Å². The number of rotatable bonds is 5. The molecule has 0 heterocycles. The second-order valence-electron chi connectivity index (χ2n) is 3.43. The number of hydrogen-bond acceptors (Lipinski definition) is 4. The molecule has 1 N–H and O–H groups in total. The number of nitrogens with one attached hydrogen (secondary N) is 1. The lowest BCUT2D eigenvalue weighted by molar-refractivity contribution is 0.529. The predicted octanol–water partition coefficient (Wildman–Crippen LogP) is 0.169. The van der Waals surface area contributed by atoms with Gasteiger partial charge in [-0.15, -0.1) is 0 Å². The quantitative estimate of drug-likeness (QED) is 0.693. The van der Waals surface area contributed by atoms with Crippen molar-refractivity contribution in [3.63, 3.8) is 0 Å². The van der Waals surface area contributed by atoms with E-state index in [-0.39, 0.29) is 17.7 Å². The molecule has 0 fully saturated rings. The van der Waals surface area contributed by atoms with Gasteiger partial charge in [0.1, 0.15) is 9.84 Å². The minimum absolute atomic E-state index is 0.0815. The second-order valence-corrected chi connectivity index (χ2v) is 5.62. The van der Waals surface area contributed by atoms with E-state index in [4.69, 9.17) is 5.26 Å². The highest BCUT2D eigenvalue weighted by atomic mass is 32.2. The Kier molecular flexibility index (Phi) is 4.96. The topological polar surface area (TPSA) is 70.0 Å². The van der Waals surface area contributed by atoms with Crippen molar-refractivity contribution in [1.82, 2.24) is 5.32 Å². The molecule has 0 spiro atoms. The summed E-state index contributed by atoms with van der Waals surface area (Å²) in [6.07, 6.45) is 1.21. The average molecular weight is 204 g/mol. The summed E-state index contributed by atoms with van der Waals surface area (Å²) in [7, 11) is -2.92. The smallest absolute Gasteiger partial charge is 0.148 e. The highest BCUT2D eigenvalue weighted by molar-refractivity contribution is 7.90. The third kappa shape index (κ3) is 7.75. The number of nitrogens with zero attached hydrogens (tertiary/aromatic N) is 1. The van der Waals surface area contributed by atoms with Crippen LogP contribution >= 0.6 is 0 Å². The minimum atomic E-state index is -2.92. The molecule has 0 amide bonds. The fraction of sp³-hybridized carbons (Fsp3) is 0.875. The van der Waals surface area contributed by atoms with Crippen LogP contribution in [0.5, 0.6) is 0 Å². The second kappa shape index (κ2) is 5.20. The van der Waals surface area contributed by atoms with Crippen molar-refractivity contribution >= 4 is 9.84 Å². The van der Waals surface area contributed by atoms with E-state index < -0.39 is 9.84 Å². The van der Waals surface area contributed by atoms with Gasteiger partial charge in [-0.3, -0.25) is 0 Å². The van der Waals surface area contributed by atoms with Crippen LogP contribution in [0.1, 0.15) is 13.8 Å². The summed E-state index contributed by atoms with van der Waals surface area (Å²) >= 11 is 0. The Morgan fingerprint density at radius 2 is 2.00 bits per heavy atom. The van der Waals surface area contributed by atoms with Crippen LogP contribution in [-0.2, 0) is 9.84 Å². The molecule has 0 aliphatic carbocycles. The minimum Gasteiger partial charge on any atom is -0.312 e. The van der Waals surface area contributed by atoms with Crippen LogP contribution in [0.4, 0.5) is 0 Å². The summed E-state index contributed by atoms with van der Waals surface area (Å²) in [4.78, 5) is 0. The molecule has 76 valence electrons. The first-order chi connectivity index (χ1) is 5.85. The van der Waals surface area contributed by atoms with Gasteiger partial charge in [-0.2, -0.15) is 5.26 Å². The van der Waals surface area contributed by atoms with E-state index in [0.717, 1.165) is 0 Å². The molecule has 4 nitrogen and oxygen atoms in total. The first kappa shape index (κ1) is 12.4. The Morgan fingerprint density at radius 3 is 2.38 bits per heavy atom. The molecule has 0 radical (unpaired) electrons. The summed E-state index contributed by atoms with van der Waals surface area (Å²) in [6.45, 7) is 4.12. The van der Waals surface area contributed by atoms with E-state index in [1.54, 1.807) is 13.8 Å². The van der Waals surface area contributed by atoms with Crippen molar-refractivity contribution in [2.75, 3.05) is 18.6 Å². The van der Waals surface area contributed by atoms with Gasteiger partial charge in [-0.05, 0) is 13.8 Å². The van der Waals surface area contributed by atoms with Crippen molar-refractivity contribution in [2.45, 2.75) is 19.9 Å². The maximum Gasteiger partial charge on any atom is 0.148 e. The van der Waals surface area contributed by atoms with Gasteiger partial charge in [0.2, 0.25) is 0 Å². The van der Waals surface area contributed by atoms with Gasteiger partial charge < -0.3 is 5.32 Å². The molecule has 0 rings (SSSR count). The van der Waals surface area contributed by atoms with Crippen molar-refractivity contribution in [1.29, 1.82) is 5.26 Å². The zero-order valence-corrected chi connectivity index (χ0v) is 9.06. The Morgan fingerprint density at radius 1 is 1.46 bits per heavy atom. The van der Waals surface area contributed by atoms with Gasteiger partial charge in [0.05, 0.1) is 17.7 Å². The van der Waals surface area contributed by atoms with E-state index in [0.29, 0.717) is 6.54 Å². The lowest BCUT2D eigenvalue weighted by Crippen LogP contribution is -2.35. The Hall–Kier alpha value is -0.600. The zero-order valence-electron chi connectivity index (χ0n) is 8.24. The van der Waals surface area contributed by atoms with Gasteiger partial charge in [0.15, 0.2) is 0 Å². The van der Waals surface area contributed by atoms with E-state index >= 15 is 0 Å². The van der Waals surface area contributed by atoms with E-state index in [1.807, 2.05) is 0 Å². The van der Waals surface area contributed by atoms with Crippen molar-refractivity contribution in [2.24, 2.45) is 5.92 Å². The Balaban J connectivity index is 3.78. The largest absolute Gasteiger partial charge is 0.312 e. The van der Waals surface area contributed by atoms with Crippen molar-refractivity contribution in [3.8, 4) is 6.07 Å². The van der Waals surface area contributed by atoms with Crippen LogP contribution in [0.25, 0.3) is 0 Å². The third-order valence-corrected chi connectivity index (χ3v) is 2.65. The molecule has 0 bridgehead atoms. The SMILES string of the molecule is CC(C#N)CNC(C)CS(C)(=O)=O. The van der Waals surface area contributed by atoms with Gasteiger partial charge in [-0.1, -0.05) is 0 Å². The molecule has 0 aliphatic heterocycles. The lowest BCUT2D eigenvalue weighted by Gasteiger charge is -2.12. The Labute approximate surface area is 79.9 Å². The number of nitriles is 1.